The number of carbonyl (C=O) groups is 3. The summed E-state index contributed by atoms with van der Waals surface area (Å²) in [4.78, 5) is 39.1. The number of ether oxygens (including phenoxy) is 1. The van der Waals surface area contributed by atoms with Crippen LogP contribution in [0.4, 0.5) is 0 Å². The maximum Gasteiger partial charge on any atom is 0.311 e. The average molecular weight is 417 g/mol. The van der Waals surface area contributed by atoms with Crippen molar-refractivity contribution in [1.82, 2.24) is 9.62 Å². The fourth-order valence-electron chi connectivity index (χ4n) is 2.74. The summed E-state index contributed by atoms with van der Waals surface area (Å²) in [7, 11) is -3.24. The normalized spacial score (nSPS) is 17.6. The quantitative estimate of drug-likeness (QED) is 0.471. The summed E-state index contributed by atoms with van der Waals surface area (Å²) >= 11 is 1.24. The lowest BCUT2D eigenvalue weighted by atomic mass is 10.1. The van der Waals surface area contributed by atoms with E-state index in [0.717, 1.165) is 11.1 Å². The standard InChI is InChI=1S/C17H24N2O6S2/c1-11(2)19-9-12(8-16(19)21)17(22)25-10-14(20)15-5-4-13(26-15)6-7-18-27(3,23)24/h4-5,11-12,18H,6-10H2,1-3H3. The molecule has 27 heavy (non-hydrogen) atoms. The highest BCUT2D eigenvalue weighted by Crippen LogP contribution is 2.22. The van der Waals surface area contributed by atoms with Crippen LogP contribution in [-0.2, 0) is 30.8 Å². The van der Waals surface area contributed by atoms with Crippen molar-refractivity contribution in [3.05, 3.63) is 21.9 Å². The van der Waals surface area contributed by atoms with Gasteiger partial charge in [0.25, 0.3) is 0 Å². The van der Waals surface area contributed by atoms with Crippen LogP contribution in [0.15, 0.2) is 12.1 Å². The summed E-state index contributed by atoms with van der Waals surface area (Å²) in [6.45, 7) is 3.97. The molecule has 1 unspecified atom stereocenters. The van der Waals surface area contributed by atoms with E-state index < -0.39 is 21.9 Å². The minimum absolute atomic E-state index is 0.0265. The van der Waals surface area contributed by atoms with Gasteiger partial charge in [-0.3, -0.25) is 14.4 Å². The Morgan fingerprint density at radius 2 is 2.07 bits per heavy atom. The third kappa shape index (κ3) is 6.40. The summed E-state index contributed by atoms with van der Waals surface area (Å²) in [5, 5.41) is 0. The van der Waals surface area contributed by atoms with Gasteiger partial charge in [0.1, 0.15) is 0 Å². The highest BCUT2D eigenvalue weighted by atomic mass is 32.2. The number of sulfonamides is 1. The first-order valence-corrected chi connectivity index (χ1v) is 11.3. The van der Waals surface area contributed by atoms with Gasteiger partial charge in [-0.05, 0) is 32.4 Å². The number of carbonyl (C=O) groups excluding carboxylic acids is 3. The van der Waals surface area contributed by atoms with E-state index in [1.807, 2.05) is 13.8 Å². The van der Waals surface area contributed by atoms with Gasteiger partial charge in [-0.15, -0.1) is 11.3 Å². The molecule has 1 saturated heterocycles. The molecule has 1 N–H and O–H groups in total. The highest BCUT2D eigenvalue weighted by molar-refractivity contribution is 7.88. The molecule has 2 heterocycles. The van der Waals surface area contributed by atoms with Crippen molar-refractivity contribution in [2.45, 2.75) is 32.7 Å². The number of Topliss-reactive ketones (excluding diaryl/α,β-unsaturated/α-hetero) is 1. The third-order valence-corrected chi connectivity index (χ3v) is 6.05. The average Bonchev–Trinajstić information content (AvgIpc) is 3.18. The molecule has 1 aliphatic heterocycles. The van der Waals surface area contributed by atoms with E-state index in [2.05, 4.69) is 4.72 Å². The first-order valence-electron chi connectivity index (χ1n) is 8.59. The van der Waals surface area contributed by atoms with Crippen LogP contribution in [-0.4, -0.2) is 63.0 Å². The Balaban J connectivity index is 1.80. The van der Waals surface area contributed by atoms with Crippen LogP contribution in [0.3, 0.4) is 0 Å². The van der Waals surface area contributed by atoms with Gasteiger partial charge in [0.2, 0.25) is 21.7 Å². The number of nitrogens with zero attached hydrogens (tertiary/aromatic N) is 1. The number of nitrogens with one attached hydrogen (secondary N) is 1. The summed E-state index contributed by atoms with van der Waals surface area (Å²) in [5.41, 5.74) is 0. The zero-order valence-corrected chi connectivity index (χ0v) is 17.2. The van der Waals surface area contributed by atoms with Crippen molar-refractivity contribution >= 4 is 39.0 Å². The number of amides is 1. The Bertz CT molecular complexity index is 815. The maximum atomic E-state index is 12.2. The van der Waals surface area contributed by atoms with Crippen LogP contribution in [0, 0.1) is 5.92 Å². The van der Waals surface area contributed by atoms with Crippen molar-refractivity contribution in [1.29, 1.82) is 0 Å². The number of hydrogen-bond acceptors (Lipinski definition) is 7. The van der Waals surface area contributed by atoms with Crippen molar-refractivity contribution in [3.63, 3.8) is 0 Å². The van der Waals surface area contributed by atoms with Crippen molar-refractivity contribution in [3.8, 4) is 0 Å². The summed E-state index contributed by atoms with van der Waals surface area (Å²) < 4.78 is 29.6. The molecule has 0 aliphatic carbocycles. The molecular formula is C17H24N2O6S2. The topological polar surface area (TPSA) is 110 Å². The van der Waals surface area contributed by atoms with Crippen LogP contribution in [0.5, 0.6) is 0 Å². The largest absolute Gasteiger partial charge is 0.457 e. The molecule has 1 aromatic rings. The maximum absolute atomic E-state index is 12.2. The summed E-state index contributed by atoms with van der Waals surface area (Å²) in [5.74, 6) is -1.47. The van der Waals surface area contributed by atoms with Crippen molar-refractivity contribution in [2.24, 2.45) is 5.92 Å². The molecule has 2 rings (SSSR count). The van der Waals surface area contributed by atoms with Crippen LogP contribution in [0.25, 0.3) is 0 Å². The lowest BCUT2D eigenvalue weighted by Gasteiger charge is -2.20. The molecule has 8 nitrogen and oxygen atoms in total. The van der Waals surface area contributed by atoms with E-state index in [9.17, 15) is 22.8 Å². The van der Waals surface area contributed by atoms with Crippen molar-refractivity contribution < 1.29 is 27.5 Å². The molecule has 1 fully saturated rings. The lowest BCUT2D eigenvalue weighted by molar-refractivity contribution is -0.147. The van der Waals surface area contributed by atoms with Gasteiger partial charge >= 0.3 is 5.97 Å². The molecule has 1 aliphatic rings. The van der Waals surface area contributed by atoms with Gasteiger partial charge in [-0.2, -0.15) is 0 Å². The molecule has 10 heteroatoms. The molecule has 150 valence electrons. The van der Waals surface area contributed by atoms with Crippen LogP contribution in [0.1, 0.15) is 34.8 Å². The van der Waals surface area contributed by atoms with Crippen LogP contribution in [0.2, 0.25) is 0 Å². The SMILES string of the molecule is CC(C)N1CC(C(=O)OCC(=O)c2ccc(CCNS(C)(=O)=O)s2)CC1=O. The van der Waals surface area contributed by atoms with Gasteiger partial charge in [0, 0.05) is 30.4 Å². The molecule has 0 saturated carbocycles. The lowest BCUT2D eigenvalue weighted by Crippen LogP contribution is -2.33. The smallest absolute Gasteiger partial charge is 0.311 e. The Hall–Kier alpha value is -1.78. The van der Waals surface area contributed by atoms with Crippen molar-refractivity contribution in [2.75, 3.05) is 26.0 Å². The second-order valence-electron chi connectivity index (χ2n) is 6.75. The summed E-state index contributed by atoms with van der Waals surface area (Å²) in [6.07, 6.45) is 1.67. The molecule has 1 atom stereocenters. The Kier molecular flexibility index (Phi) is 7.12. The molecule has 0 radical (unpaired) electrons. The van der Waals surface area contributed by atoms with E-state index in [0.29, 0.717) is 17.8 Å². The predicted octanol–water partition coefficient (Wildman–Crippen LogP) is 0.823. The van der Waals surface area contributed by atoms with Crippen LogP contribution >= 0.6 is 11.3 Å². The Morgan fingerprint density at radius 3 is 2.67 bits per heavy atom. The number of thiophene rings is 1. The fourth-order valence-corrected chi connectivity index (χ4v) is 4.14. The third-order valence-electron chi connectivity index (χ3n) is 4.13. The molecule has 0 aromatic carbocycles. The number of hydrogen-bond donors (Lipinski definition) is 1. The molecule has 1 aromatic heterocycles. The van der Waals surface area contributed by atoms with Gasteiger partial charge < -0.3 is 9.64 Å². The number of rotatable bonds is 9. The van der Waals surface area contributed by atoms with E-state index in [-0.39, 0.29) is 37.3 Å². The monoisotopic (exact) mass is 416 g/mol. The van der Waals surface area contributed by atoms with E-state index >= 15 is 0 Å². The number of ketones is 1. The summed E-state index contributed by atoms with van der Waals surface area (Å²) in [6, 6.07) is 3.41. The van der Waals surface area contributed by atoms with E-state index in [1.54, 1.807) is 17.0 Å². The highest BCUT2D eigenvalue weighted by Gasteiger charge is 2.36. The second-order valence-corrected chi connectivity index (χ2v) is 9.76. The number of likely N-dealkylation sites (tertiary alicyclic amines) is 1. The first-order chi connectivity index (χ1) is 12.6. The zero-order chi connectivity index (χ0) is 20.2. The second kappa shape index (κ2) is 8.94. The van der Waals surface area contributed by atoms with Gasteiger partial charge in [0.15, 0.2) is 6.61 Å². The minimum Gasteiger partial charge on any atom is -0.457 e. The fraction of sp³-hybridized carbons (Fsp3) is 0.588. The van der Waals surface area contributed by atoms with Gasteiger partial charge in [-0.1, -0.05) is 0 Å². The molecule has 1 amide bonds. The van der Waals surface area contributed by atoms with Gasteiger partial charge in [-0.25, -0.2) is 13.1 Å². The van der Waals surface area contributed by atoms with E-state index in [1.165, 1.54) is 11.3 Å². The zero-order valence-electron chi connectivity index (χ0n) is 15.6. The molecule has 0 bridgehead atoms. The van der Waals surface area contributed by atoms with Crippen LogP contribution < -0.4 is 4.72 Å². The molecular weight excluding hydrogens is 392 g/mol. The Labute approximate surface area is 162 Å². The van der Waals surface area contributed by atoms with E-state index in [4.69, 9.17) is 4.74 Å². The first kappa shape index (κ1) is 21.5. The predicted molar refractivity (Wildman–Crippen MR) is 101 cm³/mol. The molecule has 0 spiro atoms. The number of esters is 1. The minimum atomic E-state index is -3.24. The van der Waals surface area contributed by atoms with Gasteiger partial charge in [0.05, 0.1) is 17.1 Å². The Morgan fingerprint density at radius 1 is 1.37 bits per heavy atom.